The van der Waals surface area contributed by atoms with E-state index in [2.05, 4.69) is 15.6 Å². The number of aryl methyl sites for hydroxylation is 1. The van der Waals surface area contributed by atoms with Gasteiger partial charge in [-0.05, 0) is 31.2 Å². The first-order chi connectivity index (χ1) is 8.20. The van der Waals surface area contributed by atoms with E-state index >= 15 is 0 Å². The standard InChI is InChI=1S/C12H15FN4/c1-14-11(12-8-15-16-17(12)2)7-9-4-3-5-10(13)6-9/h3-6,8,11,14H,7H2,1-2H3. The molecule has 90 valence electrons. The number of rotatable bonds is 4. The molecule has 0 spiro atoms. The van der Waals surface area contributed by atoms with Crippen molar-refractivity contribution in [2.75, 3.05) is 7.05 Å². The van der Waals surface area contributed by atoms with E-state index in [9.17, 15) is 4.39 Å². The van der Waals surface area contributed by atoms with Crippen molar-refractivity contribution in [1.29, 1.82) is 0 Å². The van der Waals surface area contributed by atoms with Gasteiger partial charge in [0, 0.05) is 7.05 Å². The number of likely N-dealkylation sites (N-methyl/N-ethyl adjacent to an activating group) is 1. The van der Waals surface area contributed by atoms with Crippen LogP contribution >= 0.6 is 0 Å². The van der Waals surface area contributed by atoms with Crippen molar-refractivity contribution in [2.45, 2.75) is 12.5 Å². The van der Waals surface area contributed by atoms with E-state index in [-0.39, 0.29) is 11.9 Å². The molecule has 5 heteroatoms. The van der Waals surface area contributed by atoms with E-state index in [0.29, 0.717) is 6.42 Å². The summed E-state index contributed by atoms with van der Waals surface area (Å²) < 4.78 is 14.8. The summed E-state index contributed by atoms with van der Waals surface area (Å²) in [5, 5.41) is 10.9. The molecule has 17 heavy (non-hydrogen) atoms. The van der Waals surface area contributed by atoms with Crippen LogP contribution in [-0.2, 0) is 13.5 Å². The molecule has 0 saturated heterocycles. The molecule has 0 fully saturated rings. The number of aromatic nitrogens is 3. The zero-order valence-electron chi connectivity index (χ0n) is 9.89. The Hall–Kier alpha value is -1.75. The second kappa shape index (κ2) is 5.05. The molecule has 2 aromatic rings. The fourth-order valence-corrected chi connectivity index (χ4v) is 1.87. The smallest absolute Gasteiger partial charge is 0.123 e. The van der Waals surface area contributed by atoms with Gasteiger partial charge in [0.25, 0.3) is 0 Å². The average molecular weight is 234 g/mol. The minimum atomic E-state index is -0.208. The molecule has 1 aromatic heterocycles. The zero-order valence-corrected chi connectivity index (χ0v) is 9.89. The second-order valence-corrected chi connectivity index (χ2v) is 3.96. The first kappa shape index (κ1) is 11.7. The van der Waals surface area contributed by atoms with Gasteiger partial charge in [-0.3, -0.25) is 4.68 Å². The van der Waals surface area contributed by atoms with Gasteiger partial charge >= 0.3 is 0 Å². The van der Waals surface area contributed by atoms with Crippen LogP contribution in [0.15, 0.2) is 30.5 Å². The van der Waals surface area contributed by atoms with Crippen LogP contribution in [0.1, 0.15) is 17.3 Å². The van der Waals surface area contributed by atoms with E-state index in [0.717, 1.165) is 11.3 Å². The molecule has 0 aliphatic carbocycles. The lowest BCUT2D eigenvalue weighted by Crippen LogP contribution is -2.21. The van der Waals surface area contributed by atoms with Crippen LogP contribution in [0.4, 0.5) is 4.39 Å². The molecule has 1 unspecified atom stereocenters. The van der Waals surface area contributed by atoms with Gasteiger partial charge in [-0.15, -0.1) is 5.10 Å². The minimum Gasteiger partial charge on any atom is -0.311 e. The molecule has 1 heterocycles. The van der Waals surface area contributed by atoms with E-state index in [1.165, 1.54) is 6.07 Å². The molecule has 2 rings (SSSR count). The van der Waals surface area contributed by atoms with E-state index in [4.69, 9.17) is 0 Å². The van der Waals surface area contributed by atoms with Crippen molar-refractivity contribution in [1.82, 2.24) is 20.3 Å². The number of halogens is 1. The minimum absolute atomic E-state index is 0.0804. The van der Waals surface area contributed by atoms with E-state index in [1.807, 2.05) is 20.2 Å². The van der Waals surface area contributed by atoms with Crippen molar-refractivity contribution in [3.8, 4) is 0 Å². The quantitative estimate of drug-likeness (QED) is 0.870. The molecular formula is C12H15FN4. The summed E-state index contributed by atoms with van der Waals surface area (Å²) in [6.45, 7) is 0. The maximum atomic E-state index is 13.1. The SMILES string of the molecule is CNC(Cc1cccc(F)c1)c1cnnn1C. The Morgan fingerprint density at radius 3 is 2.88 bits per heavy atom. The summed E-state index contributed by atoms with van der Waals surface area (Å²) in [7, 11) is 3.72. The lowest BCUT2D eigenvalue weighted by molar-refractivity contribution is 0.532. The van der Waals surface area contributed by atoms with Crippen LogP contribution < -0.4 is 5.32 Å². The molecule has 0 aliphatic rings. The largest absolute Gasteiger partial charge is 0.311 e. The monoisotopic (exact) mass is 234 g/mol. The molecule has 4 nitrogen and oxygen atoms in total. The zero-order chi connectivity index (χ0) is 12.3. The molecular weight excluding hydrogens is 219 g/mol. The predicted octanol–water partition coefficient (Wildman–Crippen LogP) is 1.46. The molecule has 1 aromatic carbocycles. The van der Waals surface area contributed by atoms with Crippen LogP contribution in [-0.4, -0.2) is 22.0 Å². The third-order valence-corrected chi connectivity index (χ3v) is 2.78. The topological polar surface area (TPSA) is 42.7 Å². The molecule has 0 radical (unpaired) electrons. The van der Waals surface area contributed by atoms with E-state index < -0.39 is 0 Å². The van der Waals surface area contributed by atoms with Crippen molar-refractivity contribution < 1.29 is 4.39 Å². The Bertz CT molecular complexity index is 495. The molecule has 1 atom stereocenters. The summed E-state index contributed by atoms with van der Waals surface area (Å²) in [5.74, 6) is -0.208. The summed E-state index contributed by atoms with van der Waals surface area (Å²) in [6, 6.07) is 6.71. The van der Waals surface area contributed by atoms with Crippen molar-refractivity contribution in [2.24, 2.45) is 7.05 Å². The Morgan fingerprint density at radius 2 is 2.29 bits per heavy atom. The van der Waals surface area contributed by atoms with Gasteiger partial charge < -0.3 is 5.32 Å². The van der Waals surface area contributed by atoms with Gasteiger partial charge in [0.2, 0.25) is 0 Å². The van der Waals surface area contributed by atoms with Gasteiger partial charge in [-0.25, -0.2) is 4.39 Å². The third-order valence-electron chi connectivity index (χ3n) is 2.78. The van der Waals surface area contributed by atoms with Crippen LogP contribution in [0.3, 0.4) is 0 Å². The third kappa shape index (κ3) is 2.68. The highest BCUT2D eigenvalue weighted by atomic mass is 19.1. The normalized spacial score (nSPS) is 12.6. The summed E-state index contributed by atoms with van der Waals surface area (Å²) in [6.07, 6.45) is 2.43. The number of hydrogen-bond donors (Lipinski definition) is 1. The van der Waals surface area contributed by atoms with Crippen LogP contribution in [0, 0.1) is 5.82 Å². The maximum absolute atomic E-state index is 13.1. The van der Waals surface area contributed by atoms with Crippen LogP contribution in [0.2, 0.25) is 0 Å². The Kier molecular flexibility index (Phi) is 3.49. The number of nitrogens with one attached hydrogen (secondary N) is 1. The maximum Gasteiger partial charge on any atom is 0.123 e. The highest BCUT2D eigenvalue weighted by Gasteiger charge is 2.14. The predicted molar refractivity (Wildman–Crippen MR) is 62.9 cm³/mol. The van der Waals surface area contributed by atoms with Gasteiger partial charge in [0.1, 0.15) is 5.82 Å². The number of nitrogens with zero attached hydrogens (tertiary/aromatic N) is 3. The highest BCUT2D eigenvalue weighted by molar-refractivity contribution is 5.19. The molecule has 0 amide bonds. The lowest BCUT2D eigenvalue weighted by Gasteiger charge is -2.15. The van der Waals surface area contributed by atoms with E-state index in [1.54, 1.807) is 23.0 Å². The van der Waals surface area contributed by atoms with Crippen LogP contribution in [0.5, 0.6) is 0 Å². The van der Waals surface area contributed by atoms with Crippen LogP contribution in [0.25, 0.3) is 0 Å². The first-order valence-corrected chi connectivity index (χ1v) is 5.47. The summed E-state index contributed by atoms with van der Waals surface area (Å²) >= 11 is 0. The average Bonchev–Trinajstić information content (AvgIpc) is 2.72. The Balaban J connectivity index is 2.19. The summed E-state index contributed by atoms with van der Waals surface area (Å²) in [5.41, 5.74) is 1.93. The van der Waals surface area contributed by atoms with Gasteiger partial charge in [0.05, 0.1) is 17.9 Å². The summed E-state index contributed by atoms with van der Waals surface area (Å²) in [4.78, 5) is 0. The molecule has 0 saturated carbocycles. The highest BCUT2D eigenvalue weighted by Crippen LogP contribution is 2.17. The fraction of sp³-hybridized carbons (Fsp3) is 0.333. The van der Waals surface area contributed by atoms with Crippen molar-refractivity contribution in [3.05, 3.63) is 47.5 Å². The number of hydrogen-bond acceptors (Lipinski definition) is 3. The molecule has 0 aliphatic heterocycles. The van der Waals surface area contributed by atoms with Gasteiger partial charge in [0.15, 0.2) is 0 Å². The Labute approximate surface area is 99.5 Å². The number of benzene rings is 1. The van der Waals surface area contributed by atoms with Gasteiger partial charge in [-0.1, -0.05) is 17.3 Å². The molecule has 0 bridgehead atoms. The Morgan fingerprint density at radius 1 is 1.47 bits per heavy atom. The fourth-order valence-electron chi connectivity index (χ4n) is 1.87. The van der Waals surface area contributed by atoms with Crippen molar-refractivity contribution >= 4 is 0 Å². The molecule has 1 N–H and O–H groups in total. The first-order valence-electron chi connectivity index (χ1n) is 5.47. The van der Waals surface area contributed by atoms with Gasteiger partial charge in [-0.2, -0.15) is 0 Å². The lowest BCUT2D eigenvalue weighted by atomic mass is 10.0. The second-order valence-electron chi connectivity index (χ2n) is 3.96. The van der Waals surface area contributed by atoms with Crippen molar-refractivity contribution in [3.63, 3.8) is 0 Å².